The van der Waals surface area contributed by atoms with E-state index >= 15 is 0 Å². The van der Waals surface area contributed by atoms with Gasteiger partial charge in [-0.2, -0.15) is 0 Å². The SMILES string of the molecule is CCNC(=O)N1CCN(CCCOc2cc(C)ccc2C)CC1. The molecule has 0 saturated carbocycles. The van der Waals surface area contributed by atoms with E-state index in [1.54, 1.807) is 0 Å². The molecule has 0 atom stereocenters. The molecule has 1 aromatic carbocycles. The fraction of sp³-hybridized carbons (Fsp3) is 0.611. The van der Waals surface area contributed by atoms with E-state index in [1.807, 2.05) is 11.8 Å². The number of ether oxygens (including phenoxy) is 1. The first-order valence-corrected chi connectivity index (χ1v) is 8.55. The summed E-state index contributed by atoms with van der Waals surface area (Å²) in [5.41, 5.74) is 2.42. The summed E-state index contributed by atoms with van der Waals surface area (Å²) in [4.78, 5) is 16.1. The van der Waals surface area contributed by atoms with Crippen molar-refractivity contribution in [3.8, 4) is 5.75 Å². The van der Waals surface area contributed by atoms with Gasteiger partial charge in [0, 0.05) is 39.3 Å². The van der Waals surface area contributed by atoms with Gasteiger partial charge in [0.2, 0.25) is 0 Å². The third-order valence-electron chi connectivity index (χ3n) is 4.21. The van der Waals surface area contributed by atoms with Gasteiger partial charge in [0.05, 0.1) is 6.61 Å². The number of urea groups is 1. The molecule has 1 aliphatic rings. The van der Waals surface area contributed by atoms with Gasteiger partial charge in [0.1, 0.15) is 5.75 Å². The Morgan fingerprint density at radius 3 is 2.65 bits per heavy atom. The lowest BCUT2D eigenvalue weighted by molar-refractivity contribution is 0.134. The summed E-state index contributed by atoms with van der Waals surface area (Å²) in [6, 6.07) is 6.37. The van der Waals surface area contributed by atoms with Gasteiger partial charge in [-0.1, -0.05) is 12.1 Å². The van der Waals surface area contributed by atoms with Crippen molar-refractivity contribution in [2.75, 3.05) is 45.9 Å². The first-order valence-electron chi connectivity index (χ1n) is 8.55. The second kappa shape index (κ2) is 8.77. The van der Waals surface area contributed by atoms with Crippen LogP contribution in [0, 0.1) is 13.8 Å². The van der Waals surface area contributed by atoms with Gasteiger partial charge < -0.3 is 15.0 Å². The molecular formula is C18H29N3O2. The Labute approximate surface area is 139 Å². The van der Waals surface area contributed by atoms with Crippen LogP contribution in [0.5, 0.6) is 5.75 Å². The lowest BCUT2D eigenvalue weighted by atomic mass is 10.1. The van der Waals surface area contributed by atoms with E-state index in [2.05, 4.69) is 42.3 Å². The monoisotopic (exact) mass is 319 g/mol. The normalized spacial score (nSPS) is 15.5. The van der Waals surface area contributed by atoms with Crippen molar-refractivity contribution in [1.29, 1.82) is 0 Å². The van der Waals surface area contributed by atoms with E-state index in [-0.39, 0.29) is 6.03 Å². The van der Waals surface area contributed by atoms with Crippen LogP contribution in [-0.2, 0) is 0 Å². The largest absolute Gasteiger partial charge is 0.493 e. The maximum Gasteiger partial charge on any atom is 0.317 e. The number of benzene rings is 1. The van der Waals surface area contributed by atoms with Crippen molar-refractivity contribution < 1.29 is 9.53 Å². The molecule has 128 valence electrons. The Hall–Kier alpha value is -1.75. The second-order valence-electron chi connectivity index (χ2n) is 6.14. The number of hydrogen-bond acceptors (Lipinski definition) is 3. The Morgan fingerprint density at radius 1 is 1.22 bits per heavy atom. The minimum absolute atomic E-state index is 0.0606. The Bertz CT molecular complexity index is 511. The van der Waals surface area contributed by atoms with Crippen molar-refractivity contribution >= 4 is 6.03 Å². The van der Waals surface area contributed by atoms with E-state index < -0.39 is 0 Å². The topological polar surface area (TPSA) is 44.8 Å². The molecule has 0 aromatic heterocycles. The molecule has 1 aromatic rings. The van der Waals surface area contributed by atoms with Crippen LogP contribution in [-0.4, -0.2) is 61.7 Å². The summed E-state index contributed by atoms with van der Waals surface area (Å²) in [5, 5.41) is 2.86. The zero-order valence-electron chi connectivity index (χ0n) is 14.6. The van der Waals surface area contributed by atoms with Crippen LogP contribution in [0.25, 0.3) is 0 Å². The number of nitrogens with zero attached hydrogens (tertiary/aromatic N) is 2. The van der Waals surface area contributed by atoms with Crippen molar-refractivity contribution in [3.05, 3.63) is 29.3 Å². The lowest BCUT2D eigenvalue weighted by Crippen LogP contribution is -2.51. The Balaban J connectivity index is 1.64. The molecule has 5 heteroatoms. The van der Waals surface area contributed by atoms with E-state index in [1.165, 1.54) is 11.1 Å². The van der Waals surface area contributed by atoms with Gasteiger partial charge in [0.25, 0.3) is 0 Å². The number of aryl methyl sites for hydroxylation is 2. The number of rotatable bonds is 6. The Morgan fingerprint density at radius 2 is 1.96 bits per heavy atom. The van der Waals surface area contributed by atoms with Gasteiger partial charge in [-0.15, -0.1) is 0 Å². The highest BCUT2D eigenvalue weighted by Gasteiger charge is 2.19. The molecule has 1 N–H and O–H groups in total. The van der Waals surface area contributed by atoms with Crippen LogP contribution in [0.4, 0.5) is 4.79 Å². The second-order valence-corrected chi connectivity index (χ2v) is 6.14. The van der Waals surface area contributed by atoms with Crippen molar-refractivity contribution in [3.63, 3.8) is 0 Å². The van der Waals surface area contributed by atoms with E-state index in [9.17, 15) is 4.79 Å². The molecule has 1 saturated heterocycles. The van der Waals surface area contributed by atoms with Gasteiger partial charge in [-0.05, 0) is 44.4 Å². The quantitative estimate of drug-likeness (QED) is 0.819. The predicted molar refractivity (Wildman–Crippen MR) is 93.1 cm³/mol. The third kappa shape index (κ3) is 5.43. The van der Waals surface area contributed by atoms with Gasteiger partial charge in [-0.25, -0.2) is 4.79 Å². The fourth-order valence-electron chi connectivity index (χ4n) is 2.77. The summed E-state index contributed by atoms with van der Waals surface area (Å²) in [6.45, 7) is 12.1. The summed E-state index contributed by atoms with van der Waals surface area (Å²) < 4.78 is 5.90. The van der Waals surface area contributed by atoms with E-state index in [4.69, 9.17) is 4.74 Å². The highest BCUT2D eigenvalue weighted by atomic mass is 16.5. The zero-order chi connectivity index (χ0) is 16.7. The number of carbonyl (C=O) groups is 1. The number of piperazine rings is 1. The van der Waals surface area contributed by atoms with Crippen LogP contribution in [0.2, 0.25) is 0 Å². The molecule has 1 heterocycles. The molecule has 2 rings (SSSR count). The molecular weight excluding hydrogens is 290 g/mol. The number of carbonyl (C=O) groups excluding carboxylic acids is 1. The maximum absolute atomic E-state index is 11.8. The van der Waals surface area contributed by atoms with Crippen LogP contribution in [0.1, 0.15) is 24.5 Å². The average Bonchev–Trinajstić information content (AvgIpc) is 2.55. The molecule has 2 amide bonds. The first kappa shape index (κ1) is 17.6. The minimum atomic E-state index is 0.0606. The fourth-order valence-corrected chi connectivity index (χ4v) is 2.77. The van der Waals surface area contributed by atoms with E-state index in [0.717, 1.165) is 51.5 Å². The van der Waals surface area contributed by atoms with Crippen molar-refractivity contribution in [2.45, 2.75) is 27.2 Å². The zero-order valence-corrected chi connectivity index (χ0v) is 14.6. The standard InChI is InChI=1S/C18H29N3O2/c1-4-19-18(22)21-11-9-20(10-12-21)8-5-13-23-17-14-15(2)6-7-16(17)3/h6-7,14H,4-5,8-13H2,1-3H3,(H,19,22). The van der Waals surface area contributed by atoms with E-state index in [0.29, 0.717) is 6.54 Å². The van der Waals surface area contributed by atoms with Gasteiger partial charge in [0.15, 0.2) is 0 Å². The molecule has 23 heavy (non-hydrogen) atoms. The van der Waals surface area contributed by atoms with Crippen LogP contribution in [0.3, 0.4) is 0 Å². The number of amides is 2. The van der Waals surface area contributed by atoms with Gasteiger partial charge >= 0.3 is 6.03 Å². The number of hydrogen-bond donors (Lipinski definition) is 1. The molecule has 1 fully saturated rings. The summed E-state index contributed by atoms with van der Waals surface area (Å²) in [6.07, 6.45) is 1.01. The molecule has 5 nitrogen and oxygen atoms in total. The first-order chi connectivity index (χ1) is 11.1. The number of nitrogens with one attached hydrogen (secondary N) is 1. The molecule has 1 aliphatic heterocycles. The highest BCUT2D eigenvalue weighted by Crippen LogP contribution is 2.19. The molecule has 0 bridgehead atoms. The third-order valence-corrected chi connectivity index (χ3v) is 4.21. The van der Waals surface area contributed by atoms with Crippen LogP contribution >= 0.6 is 0 Å². The smallest absolute Gasteiger partial charge is 0.317 e. The highest BCUT2D eigenvalue weighted by molar-refractivity contribution is 5.74. The predicted octanol–water partition coefficient (Wildman–Crippen LogP) is 2.42. The summed E-state index contributed by atoms with van der Waals surface area (Å²) >= 11 is 0. The molecule has 0 radical (unpaired) electrons. The van der Waals surface area contributed by atoms with Crippen molar-refractivity contribution in [1.82, 2.24) is 15.1 Å². The van der Waals surface area contributed by atoms with Crippen molar-refractivity contribution in [2.24, 2.45) is 0 Å². The molecule has 0 aliphatic carbocycles. The summed E-state index contributed by atoms with van der Waals surface area (Å²) in [5.74, 6) is 0.992. The average molecular weight is 319 g/mol. The summed E-state index contributed by atoms with van der Waals surface area (Å²) in [7, 11) is 0. The van der Waals surface area contributed by atoms with Crippen LogP contribution in [0.15, 0.2) is 18.2 Å². The molecule has 0 unspecified atom stereocenters. The Kier molecular flexibility index (Phi) is 6.71. The van der Waals surface area contributed by atoms with Crippen LogP contribution < -0.4 is 10.1 Å². The minimum Gasteiger partial charge on any atom is -0.493 e. The molecule has 0 spiro atoms. The lowest BCUT2D eigenvalue weighted by Gasteiger charge is -2.34. The maximum atomic E-state index is 11.8. The van der Waals surface area contributed by atoms with Gasteiger partial charge in [-0.3, -0.25) is 4.90 Å².